The molecule has 0 spiro atoms. The first kappa shape index (κ1) is 28.0. The van der Waals surface area contributed by atoms with Crippen LogP contribution >= 0.6 is 0 Å². The van der Waals surface area contributed by atoms with Gasteiger partial charge in [-0.1, -0.05) is 50.0 Å². The summed E-state index contributed by atoms with van der Waals surface area (Å²) >= 11 is 0. The number of hydrogen-bond donors (Lipinski definition) is 1. The molecule has 0 aromatic heterocycles. The van der Waals surface area contributed by atoms with Crippen molar-refractivity contribution >= 4 is 26.0 Å². The van der Waals surface area contributed by atoms with Crippen LogP contribution in [0.4, 0.5) is 0 Å². The van der Waals surface area contributed by atoms with E-state index in [1.54, 1.807) is 0 Å². The summed E-state index contributed by atoms with van der Waals surface area (Å²) in [5.41, 5.74) is 0.836. The maximum Gasteiger partial charge on any atom is 0.303 e. The van der Waals surface area contributed by atoms with Crippen LogP contribution in [-0.2, 0) is 44.5 Å². The maximum absolute atomic E-state index is 12.0. The molecule has 1 aliphatic rings. The molecule has 0 radical (unpaired) electrons. The van der Waals surface area contributed by atoms with Crippen molar-refractivity contribution in [2.75, 3.05) is 6.61 Å². The number of aliphatic hydroxyl groups is 1. The van der Waals surface area contributed by atoms with Gasteiger partial charge in [0.05, 0.1) is 6.10 Å². The average Bonchev–Trinajstić information content (AvgIpc) is 2.70. The minimum Gasteiger partial charge on any atom is -0.456 e. The fourth-order valence-electron chi connectivity index (χ4n) is 3.70. The number of carbonyl (C=O) groups excluding carboxylic acids is 3. The number of esters is 3. The molecule has 1 aromatic carbocycles. The zero-order valence-electron chi connectivity index (χ0n) is 20.7. The number of hydrogen-bond acceptors (Lipinski definition) is 9. The molecule has 0 bridgehead atoms. The van der Waals surface area contributed by atoms with Gasteiger partial charge in [-0.05, 0) is 11.6 Å². The molecule has 0 amide bonds. The zero-order chi connectivity index (χ0) is 25.5. The smallest absolute Gasteiger partial charge is 0.303 e. The molecule has 0 aliphatic carbocycles. The second-order valence-corrected chi connectivity index (χ2v) is 15.3. The van der Waals surface area contributed by atoms with Crippen molar-refractivity contribution in [3.8, 4) is 0 Å². The molecule has 0 saturated carbocycles. The molecule has 1 N–H and O–H groups in total. The Morgan fingerprint density at radius 3 is 1.97 bits per heavy atom. The van der Waals surface area contributed by atoms with E-state index in [1.165, 1.54) is 20.8 Å². The van der Waals surface area contributed by atoms with Gasteiger partial charge in [0.15, 0.2) is 24.6 Å². The second-order valence-electron chi connectivity index (χ2n) is 9.63. The van der Waals surface area contributed by atoms with Crippen LogP contribution in [0.25, 0.3) is 0 Å². The van der Waals surface area contributed by atoms with Gasteiger partial charge in [0.1, 0.15) is 6.10 Å². The fourth-order valence-corrected chi connectivity index (χ4v) is 4.43. The van der Waals surface area contributed by atoms with Gasteiger partial charge in [-0.25, -0.2) is 0 Å². The monoisotopic (exact) mass is 496 g/mol. The summed E-state index contributed by atoms with van der Waals surface area (Å²) in [4.78, 5) is 35.8. The van der Waals surface area contributed by atoms with Crippen LogP contribution in [0.2, 0.25) is 25.7 Å². The van der Waals surface area contributed by atoms with Gasteiger partial charge >= 0.3 is 17.9 Å². The van der Waals surface area contributed by atoms with E-state index in [4.69, 9.17) is 23.7 Å². The lowest BCUT2D eigenvalue weighted by atomic mass is 9.91. The quantitative estimate of drug-likeness (QED) is 0.296. The first-order valence-electron chi connectivity index (χ1n) is 11.4. The number of ether oxygens (including phenoxy) is 5. The van der Waals surface area contributed by atoms with Gasteiger partial charge in [-0.2, -0.15) is 0 Å². The van der Waals surface area contributed by atoms with Crippen LogP contribution in [-0.4, -0.2) is 74.5 Å². The lowest BCUT2D eigenvalue weighted by Gasteiger charge is -2.45. The fraction of sp³-hybridized carbons (Fsp3) is 0.625. The lowest BCUT2D eigenvalue weighted by molar-refractivity contribution is -0.314. The summed E-state index contributed by atoms with van der Waals surface area (Å²) < 4.78 is 28.4. The van der Waals surface area contributed by atoms with Crippen molar-refractivity contribution in [3.63, 3.8) is 0 Å². The van der Waals surface area contributed by atoms with Crippen LogP contribution in [0.3, 0.4) is 0 Å². The highest BCUT2D eigenvalue weighted by Gasteiger charge is 2.54. The topological polar surface area (TPSA) is 118 Å². The van der Waals surface area contributed by atoms with E-state index < -0.39 is 62.8 Å². The molecule has 1 heterocycles. The van der Waals surface area contributed by atoms with Crippen LogP contribution in [0.15, 0.2) is 30.3 Å². The van der Waals surface area contributed by atoms with E-state index in [1.807, 2.05) is 30.3 Å². The van der Waals surface area contributed by atoms with Gasteiger partial charge in [-0.3, -0.25) is 14.4 Å². The Morgan fingerprint density at radius 2 is 1.44 bits per heavy atom. The number of aliphatic hydroxyl groups excluding tert-OH is 1. The van der Waals surface area contributed by atoms with Crippen molar-refractivity contribution in [3.05, 3.63) is 35.9 Å². The first-order chi connectivity index (χ1) is 15.9. The molecule has 10 heteroatoms. The van der Waals surface area contributed by atoms with E-state index in [9.17, 15) is 19.5 Å². The third kappa shape index (κ3) is 8.82. The van der Waals surface area contributed by atoms with Gasteiger partial charge in [0.25, 0.3) is 0 Å². The molecule has 1 aliphatic heterocycles. The van der Waals surface area contributed by atoms with Crippen molar-refractivity contribution in [1.29, 1.82) is 0 Å². The van der Waals surface area contributed by atoms with Gasteiger partial charge in [0, 0.05) is 41.9 Å². The highest BCUT2D eigenvalue weighted by Crippen LogP contribution is 2.32. The molecule has 1 aromatic rings. The molecule has 1 unspecified atom stereocenters. The Bertz CT molecular complexity index is 823. The summed E-state index contributed by atoms with van der Waals surface area (Å²) in [6.45, 7) is 10.5. The highest BCUT2D eigenvalue weighted by atomic mass is 28.3. The Balaban J connectivity index is 2.40. The van der Waals surface area contributed by atoms with E-state index in [0.717, 1.165) is 11.6 Å². The average molecular weight is 497 g/mol. The molecule has 2 rings (SSSR count). The lowest BCUT2D eigenvalue weighted by Crippen LogP contribution is -2.64. The zero-order valence-corrected chi connectivity index (χ0v) is 21.7. The largest absolute Gasteiger partial charge is 0.456 e. The molecular formula is C24H36O9Si. The van der Waals surface area contributed by atoms with Crippen molar-refractivity contribution in [2.24, 2.45) is 0 Å². The van der Waals surface area contributed by atoms with E-state index >= 15 is 0 Å². The molecule has 190 valence electrons. The summed E-state index contributed by atoms with van der Waals surface area (Å²) in [6.07, 6.45) is -6.81. The van der Waals surface area contributed by atoms with Crippen LogP contribution in [0.5, 0.6) is 0 Å². The minimum absolute atomic E-state index is 0.190. The third-order valence-electron chi connectivity index (χ3n) is 5.24. The van der Waals surface area contributed by atoms with E-state index in [2.05, 4.69) is 19.6 Å². The summed E-state index contributed by atoms with van der Waals surface area (Å²) in [6, 6.07) is 10.0. The van der Waals surface area contributed by atoms with Crippen molar-refractivity contribution in [1.82, 2.24) is 0 Å². The highest BCUT2D eigenvalue weighted by molar-refractivity contribution is 6.76. The summed E-state index contributed by atoms with van der Waals surface area (Å²) in [7, 11) is -1.46. The van der Waals surface area contributed by atoms with Crippen LogP contribution in [0.1, 0.15) is 26.3 Å². The maximum atomic E-state index is 12.0. The Labute approximate surface area is 201 Å². The SMILES string of the molecule is CC(=O)O[C@H]1[C@@H](OC(C)=O)[C@@H](C(O)Cc2ccccc2)O[C@H](OCC[Si](C)(C)C)[C@@H]1OC(C)=O. The predicted molar refractivity (Wildman–Crippen MR) is 126 cm³/mol. The first-order valence-corrected chi connectivity index (χ1v) is 15.1. The molecule has 9 nitrogen and oxygen atoms in total. The van der Waals surface area contributed by atoms with Crippen molar-refractivity contribution < 1.29 is 43.2 Å². The molecular weight excluding hydrogens is 460 g/mol. The number of rotatable bonds is 10. The third-order valence-corrected chi connectivity index (χ3v) is 6.94. The molecule has 34 heavy (non-hydrogen) atoms. The summed E-state index contributed by atoms with van der Waals surface area (Å²) in [5, 5.41) is 11.1. The normalized spacial score (nSPS) is 25.8. The van der Waals surface area contributed by atoms with Crippen molar-refractivity contribution in [2.45, 2.75) is 89.7 Å². The molecule has 1 saturated heterocycles. The van der Waals surface area contributed by atoms with Gasteiger partial charge < -0.3 is 28.8 Å². The Kier molecular flexibility index (Phi) is 10.2. The summed E-state index contributed by atoms with van der Waals surface area (Å²) in [5.74, 6) is -1.98. The standard InChI is InChI=1S/C24H36O9Si/c1-15(25)30-21-20(19(28)14-18-10-8-7-9-11-18)33-24(29-12-13-34(4,5)6)23(32-17(3)27)22(21)31-16(2)26/h7-11,19-24,28H,12-14H2,1-6H3/t19?,20-,21+,22+,23-,24+/m1/s1. The van der Waals surface area contributed by atoms with Crippen LogP contribution in [0, 0.1) is 0 Å². The molecule has 6 atom stereocenters. The Hall–Kier alpha value is -2.27. The number of benzene rings is 1. The predicted octanol–water partition coefficient (Wildman–Crippen LogP) is 2.46. The van der Waals surface area contributed by atoms with Gasteiger partial charge in [-0.15, -0.1) is 0 Å². The van der Waals surface area contributed by atoms with E-state index in [0.29, 0.717) is 6.61 Å². The molecule has 1 fully saturated rings. The number of carbonyl (C=O) groups is 3. The van der Waals surface area contributed by atoms with Gasteiger partial charge in [0.2, 0.25) is 0 Å². The van der Waals surface area contributed by atoms with E-state index in [-0.39, 0.29) is 6.42 Å². The Morgan fingerprint density at radius 1 is 0.912 bits per heavy atom. The second kappa shape index (κ2) is 12.4. The minimum atomic E-state index is -1.46. The van der Waals surface area contributed by atoms with Crippen LogP contribution < -0.4 is 0 Å².